The molecule has 1 aliphatic heterocycles. The molecule has 0 spiro atoms. The third-order valence-corrected chi connectivity index (χ3v) is 7.96. The monoisotopic (exact) mass is 512 g/mol. The molecule has 1 N–H and O–H groups in total. The summed E-state index contributed by atoms with van der Waals surface area (Å²) in [4.78, 5) is 25.6. The van der Waals surface area contributed by atoms with Crippen molar-refractivity contribution in [3.8, 4) is 11.3 Å². The van der Waals surface area contributed by atoms with Gasteiger partial charge in [0.2, 0.25) is 11.5 Å². The number of hydrogen-bond acceptors (Lipinski definition) is 6. The molecule has 4 aromatic rings. The van der Waals surface area contributed by atoms with E-state index in [9.17, 15) is 18.4 Å². The van der Waals surface area contributed by atoms with Gasteiger partial charge < -0.3 is 15.1 Å². The van der Waals surface area contributed by atoms with Crippen LogP contribution in [0.4, 0.5) is 0 Å². The van der Waals surface area contributed by atoms with Gasteiger partial charge in [0.25, 0.3) is 15.9 Å². The zero-order chi connectivity index (χ0) is 24.7. The van der Waals surface area contributed by atoms with E-state index in [2.05, 4.69) is 15.0 Å². The number of rotatable bonds is 4. The van der Waals surface area contributed by atoms with Crippen molar-refractivity contribution in [2.24, 2.45) is 0 Å². The van der Waals surface area contributed by atoms with E-state index >= 15 is 0 Å². The van der Waals surface area contributed by atoms with Crippen molar-refractivity contribution < 1.29 is 17.9 Å². The molecule has 35 heavy (non-hydrogen) atoms. The summed E-state index contributed by atoms with van der Waals surface area (Å²) in [7, 11) is -3.76. The number of fused-ring (bicyclic) bond motifs is 1. The van der Waals surface area contributed by atoms with Crippen LogP contribution in [-0.4, -0.2) is 64.7 Å². The largest absolute Gasteiger partial charge is 0.618 e. The molecule has 10 nitrogen and oxygen atoms in total. The average Bonchev–Trinajstić information content (AvgIpc) is 3.28. The van der Waals surface area contributed by atoms with E-state index in [0.29, 0.717) is 27.2 Å². The summed E-state index contributed by atoms with van der Waals surface area (Å²) >= 11 is 6.00. The highest BCUT2D eigenvalue weighted by molar-refractivity contribution is 7.89. The molecule has 1 saturated heterocycles. The predicted molar refractivity (Wildman–Crippen MR) is 129 cm³/mol. The summed E-state index contributed by atoms with van der Waals surface area (Å²) in [6.07, 6.45) is 4.32. The molecular formula is C23H21ClN6O4S. The molecule has 0 aliphatic carbocycles. The van der Waals surface area contributed by atoms with Crippen LogP contribution in [0.25, 0.3) is 22.2 Å². The number of pyridine rings is 1. The van der Waals surface area contributed by atoms with Gasteiger partial charge in [-0.05, 0) is 37.3 Å². The number of amides is 1. The fourth-order valence-corrected chi connectivity index (χ4v) is 5.62. The third kappa shape index (κ3) is 4.45. The highest BCUT2D eigenvalue weighted by Gasteiger charge is 2.32. The van der Waals surface area contributed by atoms with Gasteiger partial charge in [0, 0.05) is 66.1 Å². The van der Waals surface area contributed by atoms with Gasteiger partial charge in [-0.2, -0.15) is 9.04 Å². The summed E-state index contributed by atoms with van der Waals surface area (Å²) < 4.78 is 28.3. The average molecular weight is 513 g/mol. The molecule has 1 fully saturated rings. The number of nitrogens with one attached hydrogen (secondary N) is 1. The van der Waals surface area contributed by atoms with Gasteiger partial charge in [0.1, 0.15) is 5.03 Å². The summed E-state index contributed by atoms with van der Waals surface area (Å²) in [6, 6.07) is 10.2. The number of carbonyl (C=O) groups excluding carboxylic acids is 1. The van der Waals surface area contributed by atoms with E-state index in [1.165, 1.54) is 27.8 Å². The lowest BCUT2D eigenvalue weighted by molar-refractivity contribution is -0.594. The highest BCUT2D eigenvalue weighted by atomic mass is 35.5. The van der Waals surface area contributed by atoms with Gasteiger partial charge in [-0.15, -0.1) is 0 Å². The van der Waals surface area contributed by atoms with Crippen LogP contribution in [0.2, 0.25) is 5.02 Å². The van der Waals surface area contributed by atoms with E-state index in [-0.39, 0.29) is 37.0 Å². The van der Waals surface area contributed by atoms with Gasteiger partial charge in [-0.3, -0.25) is 4.79 Å². The van der Waals surface area contributed by atoms with E-state index in [1.807, 2.05) is 6.92 Å². The van der Waals surface area contributed by atoms with Gasteiger partial charge in [0.05, 0.1) is 5.56 Å². The lowest BCUT2D eigenvalue weighted by Crippen LogP contribution is -2.50. The predicted octanol–water partition coefficient (Wildman–Crippen LogP) is 2.37. The topological polar surface area (TPSA) is 126 Å². The maximum Gasteiger partial charge on any atom is 0.291 e. The number of hydrogen-bond donors (Lipinski definition) is 1. The molecular weight excluding hydrogens is 492 g/mol. The minimum atomic E-state index is -3.76. The van der Waals surface area contributed by atoms with Crippen molar-refractivity contribution in [2.45, 2.75) is 11.9 Å². The number of piperazine rings is 1. The fourth-order valence-electron chi connectivity index (χ4n) is 4.00. The Morgan fingerprint density at radius 3 is 2.49 bits per heavy atom. The summed E-state index contributed by atoms with van der Waals surface area (Å²) in [5, 5.41) is 13.4. The maximum atomic E-state index is 13.1. The second-order valence-electron chi connectivity index (χ2n) is 8.27. The summed E-state index contributed by atoms with van der Waals surface area (Å²) in [5.74, 6) is -0.408. The number of nitrogens with zero attached hydrogens (tertiary/aromatic N) is 5. The Balaban J connectivity index is 1.27. The Bertz CT molecular complexity index is 1530. The first kappa shape index (κ1) is 23.2. The number of H-pyrrole nitrogens is 1. The molecule has 0 bridgehead atoms. The van der Waals surface area contributed by atoms with Gasteiger partial charge in [0.15, 0.2) is 6.20 Å². The molecule has 0 unspecified atom stereocenters. The van der Waals surface area contributed by atoms with Crippen molar-refractivity contribution in [1.29, 1.82) is 0 Å². The van der Waals surface area contributed by atoms with Crippen LogP contribution in [-0.2, 0) is 10.0 Å². The zero-order valence-electron chi connectivity index (χ0n) is 18.7. The summed E-state index contributed by atoms with van der Waals surface area (Å²) in [5.41, 5.74) is 2.38. The SMILES string of the molecule is Cc1ccc(-c2cnc(C(=O)N3CCN(S(=O)(=O)c4cc5cc(Cl)ccc5[nH]4)CC3)nc2)[n+]([O-])c1. The first-order chi connectivity index (χ1) is 16.7. The fraction of sp³-hybridized carbons (Fsp3) is 0.217. The number of carbonyl (C=O) groups is 1. The second kappa shape index (κ2) is 8.91. The number of sulfonamides is 1. The van der Waals surface area contributed by atoms with Crippen LogP contribution in [0, 0.1) is 12.1 Å². The first-order valence-electron chi connectivity index (χ1n) is 10.8. The highest BCUT2D eigenvalue weighted by Crippen LogP contribution is 2.25. The molecule has 1 aliphatic rings. The van der Waals surface area contributed by atoms with E-state index in [0.717, 1.165) is 10.3 Å². The molecule has 5 rings (SSSR count). The van der Waals surface area contributed by atoms with Crippen molar-refractivity contribution >= 4 is 38.4 Å². The van der Waals surface area contributed by atoms with Gasteiger partial charge in [-0.1, -0.05) is 11.6 Å². The number of aromatic nitrogens is 4. The molecule has 180 valence electrons. The van der Waals surface area contributed by atoms with Crippen molar-refractivity contribution in [1.82, 2.24) is 24.2 Å². The lowest BCUT2D eigenvalue weighted by Gasteiger charge is -2.33. The number of halogens is 1. The molecule has 4 heterocycles. The smallest absolute Gasteiger partial charge is 0.291 e. The molecule has 0 saturated carbocycles. The van der Waals surface area contributed by atoms with E-state index in [1.54, 1.807) is 36.4 Å². The number of aryl methyl sites for hydroxylation is 1. The van der Waals surface area contributed by atoms with Crippen LogP contribution in [0.3, 0.4) is 0 Å². The standard InChI is InChI=1S/C23H21ClN6O4S/c1-15-2-5-20(30(32)14-15)17-12-25-22(26-13-17)23(31)28-6-8-29(9-7-28)35(33,34)21-11-16-10-18(24)3-4-19(16)27-21/h2-5,10-14,27H,6-9H2,1H3. The van der Waals surface area contributed by atoms with Crippen LogP contribution in [0.5, 0.6) is 0 Å². The normalized spacial score (nSPS) is 15.0. The van der Waals surface area contributed by atoms with Crippen molar-refractivity contribution in [3.63, 3.8) is 0 Å². The van der Waals surface area contributed by atoms with E-state index in [4.69, 9.17) is 11.6 Å². The zero-order valence-corrected chi connectivity index (χ0v) is 20.3. The van der Waals surface area contributed by atoms with Gasteiger partial charge >= 0.3 is 0 Å². The minimum Gasteiger partial charge on any atom is -0.618 e. The lowest BCUT2D eigenvalue weighted by atomic mass is 10.2. The van der Waals surface area contributed by atoms with Crippen LogP contribution in [0.15, 0.2) is 60.0 Å². The quantitative estimate of drug-likeness (QED) is 0.330. The van der Waals surface area contributed by atoms with Crippen molar-refractivity contribution in [3.05, 3.63) is 76.6 Å². The van der Waals surface area contributed by atoms with Gasteiger partial charge in [-0.25, -0.2) is 18.4 Å². The molecule has 0 atom stereocenters. The minimum absolute atomic E-state index is 0.0119. The van der Waals surface area contributed by atoms with Crippen LogP contribution < -0.4 is 4.73 Å². The van der Waals surface area contributed by atoms with Crippen molar-refractivity contribution in [2.75, 3.05) is 26.2 Å². The maximum absolute atomic E-state index is 13.1. The Morgan fingerprint density at radius 2 is 1.80 bits per heavy atom. The molecule has 0 radical (unpaired) electrons. The molecule has 1 aromatic carbocycles. The first-order valence-corrected chi connectivity index (χ1v) is 12.6. The Labute approximate surface area is 206 Å². The Kier molecular flexibility index (Phi) is 5.91. The second-order valence-corrected chi connectivity index (χ2v) is 10.6. The molecule has 3 aromatic heterocycles. The Hall–Kier alpha value is -3.54. The Morgan fingerprint density at radius 1 is 1.09 bits per heavy atom. The summed E-state index contributed by atoms with van der Waals surface area (Å²) in [6.45, 7) is 2.50. The number of aromatic amines is 1. The molecule has 1 amide bonds. The van der Waals surface area contributed by atoms with E-state index < -0.39 is 15.9 Å². The third-order valence-electron chi connectivity index (χ3n) is 5.90. The van der Waals surface area contributed by atoms with Crippen LogP contribution in [0.1, 0.15) is 16.2 Å². The molecule has 12 heteroatoms. The van der Waals surface area contributed by atoms with Crippen LogP contribution >= 0.6 is 11.6 Å². The number of benzene rings is 1.